The Balaban J connectivity index is 2.20. The monoisotopic (exact) mass is 277 g/mol. The van der Waals surface area contributed by atoms with Gasteiger partial charge in [0.15, 0.2) is 9.84 Å². The maximum absolute atomic E-state index is 11.5. The standard InChI is InChI=1S/C13H27NO3S/c1-2-8-18(15,16)9-7-17-11-13-6-4-3-5-12(13)10-14/h12-13H,2-11,14H2,1H3. The molecule has 108 valence electrons. The van der Waals surface area contributed by atoms with Gasteiger partial charge in [0.1, 0.15) is 0 Å². The highest BCUT2D eigenvalue weighted by atomic mass is 32.2. The molecule has 2 atom stereocenters. The topological polar surface area (TPSA) is 69.4 Å². The van der Waals surface area contributed by atoms with E-state index in [1.165, 1.54) is 25.7 Å². The Morgan fingerprint density at radius 3 is 2.44 bits per heavy atom. The molecule has 1 aliphatic carbocycles. The van der Waals surface area contributed by atoms with Crippen molar-refractivity contribution in [2.75, 3.05) is 31.3 Å². The van der Waals surface area contributed by atoms with Crippen LogP contribution < -0.4 is 5.73 Å². The molecule has 0 heterocycles. The molecule has 0 spiro atoms. The largest absolute Gasteiger partial charge is 0.380 e. The Hall–Kier alpha value is -0.130. The maximum Gasteiger partial charge on any atom is 0.152 e. The molecule has 1 aliphatic rings. The van der Waals surface area contributed by atoms with Crippen LogP contribution in [0.3, 0.4) is 0 Å². The zero-order valence-electron chi connectivity index (χ0n) is 11.4. The lowest BCUT2D eigenvalue weighted by atomic mass is 9.80. The summed E-state index contributed by atoms with van der Waals surface area (Å²) >= 11 is 0. The lowest BCUT2D eigenvalue weighted by Gasteiger charge is -2.30. The van der Waals surface area contributed by atoms with Gasteiger partial charge in [0, 0.05) is 12.4 Å². The minimum atomic E-state index is -2.90. The van der Waals surface area contributed by atoms with Crippen molar-refractivity contribution in [3.63, 3.8) is 0 Å². The zero-order valence-corrected chi connectivity index (χ0v) is 12.3. The molecule has 2 N–H and O–H groups in total. The highest BCUT2D eigenvalue weighted by Gasteiger charge is 2.24. The molecule has 0 aromatic carbocycles. The zero-order chi connectivity index (χ0) is 13.4. The van der Waals surface area contributed by atoms with Gasteiger partial charge < -0.3 is 10.5 Å². The van der Waals surface area contributed by atoms with Crippen LogP contribution in [0.1, 0.15) is 39.0 Å². The predicted molar refractivity (Wildman–Crippen MR) is 74.3 cm³/mol. The van der Waals surface area contributed by atoms with Crippen LogP contribution >= 0.6 is 0 Å². The lowest BCUT2D eigenvalue weighted by molar-refractivity contribution is 0.0696. The van der Waals surface area contributed by atoms with E-state index in [2.05, 4.69) is 0 Å². The molecule has 18 heavy (non-hydrogen) atoms. The van der Waals surface area contributed by atoms with E-state index in [9.17, 15) is 8.42 Å². The highest BCUT2D eigenvalue weighted by molar-refractivity contribution is 7.91. The first kappa shape index (κ1) is 15.9. The minimum absolute atomic E-state index is 0.154. The second-order valence-electron chi connectivity index (χ2n) is 5.27. The summed E-state index contributed by atoms with van der Waals surface area (Å²) in [6.07, 6.45) is 5.56. The summed E-state index contributed by atoms with van der Waals surface area (Å²) in [5, 5.41) is 0. The van der Waals surface area contributed by atoms with Crippen molar-refractivity contribution in [1.29, 1.82) is 0 Å². The average molecular weight is 277 g/mol. The highest BCUT2D eigenvalue weighted by Crippen LogP contribution is 2.29. The van der Waals surface area contributed by atoms with Crippen molar-refractivity contribution in [3.05, 3.63) is 0 Å². The Bertz CT molecular complexity index is 316. The molecule has 0 aromatic heterocycles. The molecule has 5 heteroatoms. The molecular formula is C13H27NO3S. The van der Waals surface area contributed by atoms with E-state index in [1.807, 2.05) is 6.92 Å². The fraction of sp³-hybridized carbons (Fsp3) is 1.00. The van der Waals surface area contributed by atoms with Gasteiger partial charge in [0.05, 0.1) is 12.4 Å². The molecule has 1 saturated carbocycles. The second-order valence-corrected chi connectivity index (χ2v) is 7.57. The third-order valence-corrected chi connectivity index (χ3v) is 5.57. The molecule has 1 fully saturated rings. The number of ether oxygens (including phenoxy) is 1. The smallest absolute Gasteiger partial charge is 0.152 e. The van der Waals surface area contributed by atoms with Gasteiger partial charge in [-0.05, 0) is 37.6 Å². The summed E-state index contributed by atoms with van der Waals surface area (Å²) in [5.74, 6) is 1.51. The molecule has 0 radical (unpaired) electrons. The van der Waals surface area contributed by atoms with Crippen LogP contribution in [0, 0.1) is 11.8 Å². The Morgan fingerprint density at radius 1 is 1.17 bits per heavy atom. The van der Waals surface area contributed by atoms with Gasteiger partial charge in [0.2, 0.25) is 0 Å². The summed E-state index contributed by atoms with van der Waals surface area (Å²) in [6.45, 7) is 3.61. The van der Waals surface area contributed by atoms with E-state index in [-0.39, 0.29) is 11.5 Å². The first-order chi connectivity index (χ1) is 8.59. The molecule has 2 unspecified atom stereocenters. The van der Waals surface area contributed by atoms with Crippen molar-refractivity contribution < 1.29 is 13.2 Å². The number of sulfone groups is 1. The van der Waals surface area contributed by atoms with Gasteiger partial charge in [0.25, 0.3) is 0 Å². The van der Waals surface area contributed by atoms with E-state index in [0.29, 0.717) is 31.5 Å². The van der Waals surface area contributed by atoms with Crippen LogP contribution in [-0.4, -0.2) is 39.7 Å². The third kappa shape index (κ3) is 5.67. The first-order valence-corrected chi connectivity index (χ1v) is 8.89. The van der Waals surface area contributed by atoms with Crippen LogP contribution in [0.25, 0.3) is 0 Å². The van der Waals surface area contributed by atoms with Crippen molar-refractivity contribution >= 4 is 9.84 Å². The van der Waals surface area contributed by atoms with E-state index < -0.39 is 9.84 Å². The van der Waals surface area contributed by atoms with Gasteiger partial charge in [-0.1, -0.05) is 19.8 Å². The van der Waals surface area contributed by atoms with E-state index in [0.717, 1.165) is 6.54 Å². The molecule has 4 nitrogen and oxygen atoms in total. The second kappa shape index (κ2) is 8.12. The molecule has 0 aliphatic heterocycles. The third-order valence-electron chi connectivity index (χ3n) is 3.75. The van der Waals surface area contributed by atoms with E-state index >= 15 is 0 Å². The lowest BCUT2D eigenvalue weighted by Crippen LogP contribution is -2.30. The van der Waals surface area contributed by atoms with Gasteiger partial charge in [-0.15, -0.1) is 0 Å². The maximum atomic E-state index is 11.5. The number of nitrogens with two attached hydrogens (primary N) is 1. The normalized spacial score (nSPS) is 25.2. The fourth-order valence-corrected chi connectivity index (χ4v) is 3.85. The Labute approximate surface area is 111 Å². The molecule has 1 rings (SSSR count). The molecule has 0 aromatic rings. The van der Waals surface area contributed by atoms with Crippen LogP contribution in [0.2, 0.25) is 0 Å². The summed E-state index contributed by atoms with van der Waals surface area (Å²) in [5.41, 5.74) is 5.76. The fourth-order valence-electron chi connectivity index (χ4n) is 2.65. The first-order valence-electron chi connectivity index (χ1n) is 7.07. The van der Waals surface area contributed by atoms with E-state index in [1.54, 1.807) is 0 Å². The molecular weight excluding hydrogens is 250 g/mol. The Kier molecular flexibility index (Phi) is 7.19. The van der Waals surface area contributed by atoms with Crippen LogP contribution in [0.4, 0.5) is 0 Å². The van der Waals surface area contributed by atoms with Crippen molar-refractivity contribution in [2.24, 2.45) is 17.6 Å². The molecule has 0 bridgehead atoms. The molecule has 0 amide bonds. The van der Waals surface area contributed by atoms with Gasteiger partial charge in [-0.25, -0.2) is 8.42 Å². The average Bonchev–Trinajstić information content (AvgIpc) is 2.35. The summed E-state index contributed by atoms with van der Waals surface area (Å²) in [6, 6.07) is 0. The van der Waals surface area contributed by atoms with Crippen LogP contribution in [0.5, 0.6) is 0 Å². The Morgan fingerprint density at radius 2 is 1.83 bits per heavy atom. The van der Waals surface area contributed by atoms with Gasteiger partial charge in [-0.2, -0.15) is 0 Å². The number of rotatable bonds is 8. The molecule has 0 saturated heterocycles. The minimum Gasteiger partial charge on any atom is -0.380 e. The summed E-state index contributed by atoms with van der Waals surface area (Å²) in [4.78, 5) is 0. The van der Waals surface area contributed by atoms with Gasteiger partial charge in [-0.3, -0.25) is 0 Å². The van der Waals surface area contributed by atoms with Crippen molar-refractivity contribution in [3.8, 4) is 0 Å². The summed E-state index contributed by atoms with van der Waals surface area (Å²) in [7, 11) is -2.90. The quantitative estimate of drug-likeness (QED) is 0.684. The summed E-state index contributed by atoms with van der Waals surface area (Å²) < 4.78 is 28.6. The van der Waals surface area contributed by atoms with Crippen molar-refractivity contribution in [1.82, 2.24) is 0 Å². The van der Waals surface area contributed by atoms with Crippen LogP contribution in [0.15, 0.2) is 0 Å². The predicted octanol–water partition coefficient (Wildman–Crippen LogP) is 1.59. The number of hydrogen-bond acceptors (Lipinski definition) is 4. The van der Waals surface area contributed by atoms with Crippen LogP contribution in [-0.2, 0) is 14.6 Å². The SMILES string of the molecule is CCCS(=O)(=O)CCOCC1CCCCC1CN. The van der Waals surface area contributed by atoms with E-state index in [4.69, 9.17) is 10.5 Å². The van der Waals surface area contributed by atoms with Gasteiger partial charge >= 0.3 is 0 Å². The van der Waals surface area contributed by atoms with Crippen molar-refractivity contribution in [2.45, 2.75) is 39.0 Å². The number of hydrogen-bond donors (Lipinski definition) is 1.